The molecule has 1 atom stereocenters. The third-order valence-electron chi connectivity index (χ3n) is 4.38. The quantitative estimate of drug-likeness (QED) is 0.396. The summed E-state index contributed by atoms with van der Waals surface area (Å²) in [7, 11) is 1.57. The largest absolute Gasteiger partial charge is 0.503 e. The second-order valence-corrected chi connectivity index (χ2v) is 7.20. The highest BCUT2D eigenvalue weighted by Crippen LogP contribution is 2.39. The van der Waals surface area contributed by atoms with Gasteiger partial charge in [0.15, 0.2) is 11.5 Å². The van der Waals surface area contributed by atoms with E-state index in [2.05, 4.69) is 0 Å². The van der Waals surface area contributed by atoms with Crippen LogP contribution in [0.25, 0.3) is 0 Å². The number of ketones is 1. The summed E-state index contributed by atoms with van der Waals surface area (Å²) in [6, 6.07) is 5.94. The van der Waals surface area contributed by atoms with E-state index in [-0.39, 0.29) is 23.7 Å². The maximum atomic E-state index is 12.8. The van der Waals surface area contributed by atoms with Crippen LogP contribution < -0.4 is 4.74 Å². The number of Topliss-reactive ketones (excluding diaryl/α,β-unsaturated/α-hetero) is 1. The summed E-state index contributed by atoms with van der Waals surface area (Å²) >= 11 is 0. The van der Waals surface area contributed by atoms with Gasteiger partial charge in [0.2, 0.25) is 0 Å². The molecule has 1 unspecified atom stereocenters. The number of nitrogens with zero attached hydrogens (tertiary/aromatic N) is 1. The predicted molar refractivity (Wildman–Crippen MR) is 103 cm³/mol. The normalized spacial score (nSPS) is 16.8. The summed E-state index contributed by atoms with van der Waals surface area (Å²) < 4.78 is 10.2. The van der Waals surface area contributed by atoms with E-state index < -0.39 is 23.7 Å². The molecule has 1 aromatic carbocycles. The Bertz CT molecular complexity index is 783. The highest BCUT2D eigenvalue weighted by atomic mass is 16.5. The molecule has 1 aliphatic rings. The molecule has 1 aromatic rings. The van der Waals surface area contributed by atoms with Crippen LogP contribution in [0, 0.1) is 5.92 Å². The zero-order valence-corrected chi connectivity index (χ0v) is 16.7. The zero-order chi connectivity index (χ0) is 20.8. The van der Waals surface area contributed by atoms with E-state index in [1.807, 2.05) is 13.8 Å². The van der Waals surface area contributed by atoms with Crippen molar-refractivity contribution in [3.8, 4) is 5.75 Å². The molecule has 7 heteroatoms. The molecule has 0 spiro atoms. The molecule has 0 saturated heterocycles. The van der Waals surface area contributed by atoms with Crippen LogP contribution in [0.4, 0.5) is 0 Å². The average molecular weight is 389 g/mol. The molecule has 1 heterocycles. The highest BCUT2D eigenvalue weighted by molar-refractivity contribution is 6.09. The number of carbonyl (C=O) groups is 3. The lowest BCUT2D eigenvalue weighted by Crippen LogP contribution is -2.32. The van der Waals surface area contributed by atoms with Crippen molar-refractivity contribution in [2.45, 2.75) is 39.7 Å². The third-order valence-corrected chi connectivity index (χ3v) is 4.38. The lowest BCUT2D eigenvalue weighted by Gasteiger charge is -2.27. The van der Waals surface area contributed by atoms with E-state index >= 15 is 0 Å². The number of carbonyl (C=O) groups excluding carboxylic acids is 3. The summed E-state index contributed by atoms with van der Waals surface area (Å²) in [4.78, 5) is 38.3. The molecule has 0 bridgehead atoms. The first kappa shape index (κ1) is 21.6. The molecule has 0 fully saturated rings. The summed E-state index contributed by atoms with van der Waals surface area (Å²) in [6.07, 6.45) is 0.778. The molecule has 1 amide bonds. The van der Waals surface area contributed by atoms with Crippen LogP contribution in [0.2, 0.25) is 0 Å². The molecule has 28 heavy (non-hydrogen) atoms. The summed E-state index contributed by atoms with van der Waals surface area (Å²) in [5.74, 6) is -1.42. The van der Waals surface area contributed by atoms with Crippen molar-refractivity contribution in [2.75, 3.05) is 20.3 Å². The van der Waals surface area contributed by atoms with E-state index in [0.717, 1.165) is 0 Å². The molecule has 2 rings (SSSR count). The Kier molecular flexibility index (Phi) is 7.34. The Hall–Kier alpha value is -2.67. The van der Waals surface area contributed by atoms with Crippen LogP contribution in [0.1, 0.15) is 45.2 Å². The van der Waals surface area contributed by atoms with Gasteiger partial charge in [0.25, 0.3) is 5.91 Å². The molecule has 0 aliphatic carbocycles. The van der Waals surface area contributed by atoms with Crippen LogP contribution in [0.3, 0.4) is 0 Å². The smallest absolute Gasteiger partial charge is 0.308 e. The molecule has 7 nitrogen and oxygen atoms in total. The minimum atomic E-state index is -0.730. The standard InChI is InChI=1S/C21H27NO6/c1-13(2)11-17(24)18-19(15-7-5-8-16(12-15)28-14(3)23)22(9-6-10-27-4)21(26)20(18)25/h5,7-8,12-13,19,25H,6,9-11H2,1-4H3. The summed E-state index contributed by atoms with van der Waals surface area (Å²) in [5, 5.41) is 10.5. The Morgan fingerprint density at radius 1 is 1.29 bits per heavy atom. The second kappa shape index (κ2) is 9.50. The topological polar surface area (TPSA) is 93.1 Å². The van der Waals surface area contributed by atoms with Crippen LogP contribution in [-0.4, -0.2) is 47.9 Å². The van der Waals surface area contributed by atoms with Crippen molar-refractivity contribution >= 4 is 17.7 Å². The van der Waals surface area contributed by atoms with E-state index in [1.54, 1.807) is 31.4 Å². The maximum absolute atomic E-state index is 12.8. The first-order valence-corrected chi connectivity index (χ1v) is 9.30. The molecule has 1 N–H and O–H groups in total. The number of aliphatic hydroxyl groups excluding tert-OH is 1. The van der Waals surface area contributed by atoms with Gasteiger partial charge < -0.3 is 19.5 Å². The fourth-order valence-electron chi connectivity index (χ4n) is 3.29. The number of methoxy groups -OCH3 is 1. The number of esters is 1. The number of benzene rings is 1. The van der Waals surface area contributed by atoms with Crippen LogP contribution >= 0.6 is 0 Å². The van der Waals surface area contributed by atoms with E-state index in [1.165, 1.54) is 11.8 Å². The lowest BCUT2D eigenvalue weighted by molar-refractivity contribution is -0.132. The van der Waals surface area contributed by atoms with Gasteiger partial charge in [-0.15, -0.1) is 0 Å². The van der Waals surface area contributed by atoms with Gasteiger partial charge in [0, 0.05) is 33.6 Å². The predicted octanol–water partition coefficient (Wildman–Crippen LogP) is 2.96. The minimum Gasteiger partial charge on any atom is -0.503 e. The van der Waals surface area contributed by atoms with Crippen molar-refractivity contribution in [3.05, 3.63) is 41.2 Å². The number of ether oxygens (including phenoxy) is 2. The minimum absolute atomic E-state index is 0.0819. The second-order valence-electron chi connectivity index (χ2n) is 7.20. The maximum Gasteiger partial charge on any atom is 0.308 e. The monoisotopic (exact) mass is 389 g/mol. The summed E-state index contributed by atoms with van der Waals surface area (Å²) in [6.45, 7) is 5.86. The van der Waals surface area contributed by atoms with Crippen molar-refractivity contribution in [1.82, 2.24) is 4.90 Å². The molecule has 0 aromatic heterocycles. The first-order valence-electron chi connectivity index (χ1n) is 9.30. The number of amides is 1. The molecular formula is C21H27NO6. The van der Waals surface area contributed by atoms with Gasteiger partial charge in [-0.2, -0.15) is 0 Å². The molecule has 152 valence electrons. The molecular weight excluding hydrogens is 362 g/mol. The number of hydrogen-bond acceptors (Lipinski definition) is 6. The average Bonchev–Trinajstić information content (AvgIpc) is 2.86. The summed E-state index contributed by atoms with van der Waals surface area (Å²) in [5.41, 5.74) is 0.691. The van der Waals surface area contributed by atoms with Crippen LogP contribution in [0.5, 0.6) is 5.75 Å². The van der Waals surface area contributed by atoms with E-state index in [4.69, 9.17) is 9.47 Å². The Balaban J connectivity index is 2.46. The van der Waals surface area contributed by atoms with Crippen LogP contribution in [-0.2, 0) is 19.1 Å². The van der Waals surface area contributed by atoms with Crippen molar-refractivity contribution in [1.29, 1.82) is 0 Å². The fourth-order valence-corrected chi connectivity index (χ4v) is 3.29. The van der Waals surface area contributed by atoms with E-state index in [0.29, 0.717) is 30.9 Å². The number of rotatable bonds is 9. The Morgan fingerprint density at radius 2 is 2.00 bits per heavy atom. The molecule has 0 radical (unpaired) electrons. The van der Waals surface area contributed by atoms with Crippen LogP contribution in [0.15, 0.2) is 35.6 Å². The highest BCUT2D eigenvalue weighted by Gasteiger charge is 2.43. The first-order chi connectivity index (χ1) is 13.3. The van der Waals surface area contributed by atoms with Gasteiger partial charge in [-0.3, -0.25) is 14.4 Å². The SMILES string of the molecule is COCCCN1C(=O)C(O)=C(C(=O)CC(C)C)C1c1cccc(OC(C)=O)c1. The molecule has 0 saturated carbocycles. The van der Waals surface area contributed by atoms with Gasteiger partial charge in [0.1, 0.15) is 5.75 Å². The van der Waals surface area contributed by atoms with Crippen molar-refractivity contribution < 1.29 is 29.0 Å². The van der Waals surface area contributed by atoms with E-state index in [9.17, 15) is 19.5 Å². The Morgan fingerprint density at radius 3 is 2.61 bits per heavy atom. The zero-order valence-electron chi connectivity index (χ0n) is 16.7. The third kappa shape index (κ3) is 4.98. The lowest BCUT2D eigenvalue weighted by atomic mass is 9.92. The Labute approximate surface area is 164 Å². The number of hydrogen-bond donors (Lipinski definition) is 1. The van der Waals surface area contributed by atoms with Crippen molar-refractivity contribution in [3.63, 3.8) is 0 Å². The fraction of sp³-hybridized carbons (Fsp3) is 0.476. The van der Waals surface area contributed by atoms with Crippen molar-refractivity contribution in [2.24, 2.45) is 5.92 Å². The van der Waals surface area contributed by atoms with Gasteiger partial charge >= 0.3 is 5.97 Å². The van der Waals surface area contributed by atoms with Gasteiger partial charge in [-0.05, 0) is 30.0 Å². The van der Waals surface area contributed by atoms with Gasteiger partial charge in [-0.1, -0.05) is 26.0 Å². The molecule has 1 aliphatic heterocycles. The number of aliphatic hydroxyl groups is 1. The van der Waals surface area contributed by atoms with Gasteiger partial charge in [-0.25, -0.2) is 0 Å². The van der Waals surface area contributed by atoms with Gasteiger partial charge in [0.05, 0.1) is 11.6 Å².